The smallest absolute Gasteiger partial charge is 0.406 e. The molecule has 0 atom stereocenters. The third-order valence-corrected chi connectivity index (χ3v) is 3.87. The van der Waals surface area contributed by atoms with E-state index < -0.39 is 25.2 Å². The number of nitrogens with zero attached hydrogens (tertiary/aromatic N) is 2. The van der Waals surface area contributed by atoms with Gasteiger partial charge in [-0.15, -0.1) is 0 Å². The van der Waals surface area contributed by atoms with Crippen LogP contribution in [0, 0.1) is 0 Å². The largest absolute Gasteiger partial charge is 0.484 e. The number of nitrogens with one attached hydrogen (secondary N) is 1. The number of halogens is 3. The van der Waals surface area contributed by atoms with Gasteiger partial charge in [-0.2, -0.15) is 13.2 Å². The summed E-state index contributed by atoms with van der Waals surface area (Å²) >= 11 is 0. The zero-order valence-corrected chi connectivity index (χ0v) is 14.8. The predicted octanol–water partition coefficient (Wildman–Crippen LogP) is 4.05. The molecule has 5 nitrogen and oxygen atoms in total. The summed E-state index contributed by atoms with van der Waals surface area (Å²) in [4.78, 5) is 20.2. The maximum absolute atomic E-state index is 12.9. The van der Waals surface area contributed by atoms with E-state index in [-0.39, 0.29) is 6.54 Å². The van der Waals surface area contributed by atoms with Gasteiger partial charge in [0.15, 0.2) is 6.61 Å². The van der Waals surface area contributed by atoms with Gasteiger partial charge in [-0.3, -0.25) is 4.79 Å². The Morgan fingerprint density at radius 1 is 1.04 bits per heavy atom. The number of H-pyrrole nitrogens is 1. The maximum Gasteiger partial charge on any atom is 0.406 e. The standard InChI is InChI=1S/C20H18F3N3O2/c21-20(22,23)14-26(18(27)13-28-17-9-5-2-6-10-17)12-16-11-24-19(25-16)15-7-3-1-4-8-15/h1-11H,12-14H2,(H,24,25). The van der Waals surface area contributed by atoms with Crippen molar-refractivity contribution in [2.24, 2.45) is 0 Å². The minimum atomic E-state index is -4.52. The Balaban J connectivity index is 1.69. The van der Waals surface area contributed by atoms with Crippen molar-refractivity contribution in [1.29, 1.82) is 0 Å². The fourth-order valence-electron chi connectivity index (χ4n) is 2.59. The summed E-state index contributed by atoms with van der Waals surface area (Å²) in [6.45, 7) is -2.11. The molecule has 0 aliphatic carbocycles. The van der Waals surface area contributed by atoms with Crippen LogP contribution in [0.5, 0.6) is 5.75 Å². The lowest BCUT2D eigenvalue weighted by atomic mass is 10.2. The van der Waals surface area contributed by atoms with Gasteiger partial charge < -0.3 is 14.6 Å². The highest BCUT2D eigenvalue weighted by molar-refractivity contribution is 5.77. The summed E-state index contributed by atoms with van der Waals surface area (Å²) in [7, 11) is 0. The van der Waals surface area contributed by atoms with E-state index in [2.05, 4.69) is 9.97 Å². The van der Waals surface area contributed by atoms with Crippen molar-refractivity contribution < 1.29 is 22.7 Å². The number of aromatic amines is 1. The zero-order valence-electron chi connectivity index (χ0n) is 14.8. The first-order chi connectivity index (χ1) is 13.4. The van der Waals surface area contributed by atoms with Crippen molar-refractivity contribution in [2.45, 2.75) is 12.7 Å². The fourth-order valence-corrected chi connectivity index (χ4v) is 2.59. The van der Waals surface area contributed by atoms with Crippen LogP contribution in [0.3, 0.4) is 0 Å². The Kier molecular flexibility index (Phi) is 5.98. The van der Waals surface area contributed by atoms with Gasteiger partial charge in [-0.1, -0.05) is 48.5 Å². The summed E-state index contributed by atoms with van der Waals surface area (Å²) in [5.41, 5.74) is 1.20. The number of ether oxygens (including phenoxy) is 1. The number of hydrogen-bond donors (Lipinski definition) is 1. The quantitative estimate of drug-likeness (QED) is 0.663. The summed E-state index contributed by atoms with van der Waals surface area (Å²) in [5, 5.41) is 0. The molecule has 0 radical (unpaired) electrons. The zero-order chi connectivity index (χ0) is 20.0. The predicted molar refractivity (Wildman–Crippen MR) is 97.4 cm³/mol. The van der Waals surface area contributed by atoms with Crippen LogP contribution in [0.25, 0.3) is 11.4 Å². The normalized spacial score (nSPS) is 11.2. The van der Waals surface area contributed by atoms with Crippen molar-refractivity contribution in [1.82, 2.24) is 14.9 Å². The molecule has 0 saturated carbocycles. The molecular formula is C20H18F3N3O2. The summed E-state index contributed by atoms with van der Waals surface area (Å²) in [5.74, 6) is 0.170. The van der Waals surface area contributed by atoms with E-state index in [4.69, 9.17) is 4.74 Å². The molecule has 0 bridgehead atoms. The second kappa shape index (κ2) is 8.60. The molecule has 1 amide bonds. The number of carbonyl (C=O) groups excluding carboxylic acids is 1. The van der Waals surface area contributed by atoms with Gasteiger partial charge >= 0.3 is 6.18 Å². The van der Waals surface area contributed by atoms with Gasteiger partial charge in [-0.25, -0.2) is 4.98 Å². The molecule has 8 heteroatoms. The minimum absolute atomic E-state index is 0.254. The molecule has 0 unspecified atom stereocenters. The van der Waals surface area contributed by atoms with Gasteiger partial charge in [0.25, 0.3) is 5.91 Å². The molecule has 3 aromatic rings. The number of aromatic nitrogens is 2. The third-order valence-electron chi connectivity index (χ3n) is 3.87. The highest BCUT2D eigenvalue weighted by atomic mass is 19.4. The molecule has 3 rings (SSSR count). The molecule has 0 fully saturated rings. The number of amides is 1. The molecule has 2 aromatic carbocycles. The van der Waals surface area contributed by atoms with Crippen LogP contribution in [0.2, 0.25) is 0 Å². The van der Waals surface area contributed by atoms with Gasteiger partial charge in [0.05, 0.1) is 18.4 Å². The van der Waals surface area contributed by atoms with Crippen molar-refractivity contribution in [3.05, 3.63) is 72.6 Å². The molecule has 28 heavy (non-hydrogen) atoms. The fraction of sp³-hybridized carbons (Fsp3) is 0.200. The molecule has 0 aliphatic heterocycles. The lowest BCUT2D eigenvalue weighted by Crippen LogP contribution is -2.41. The van der Waals surface area contributed by atoms with E-state index in [0.717, 1.165) is 5.56 Å². The number of alkyl halides is 3. The SMILES string of the molecule is O=C(COc1ccccc1)N(Cc1cnc(-c2ccccc2)[nH]1)CC(F)(F)F. The van der Waals surface area contributed by atoms with Gasteiger partial charge in [-0.05, 0) is 12.1 Å². The van der Waals surface area contributed by atoms with Crippen molar-refractivity contribution >= 4 is 5.91 Å². The van der Waals surface area contributed by atoms with Crippen molar-refractivity contribution in [2.75, 3.05) is 13.2 Å². The number of imidazole rings is 1. The summed E-state index contributed by atoms with van der Waals surface area (Å²) < 4.78 is 44.1. The summed E-state index contributed by atoms with van der Waals surface area (Å²) in [6.07, 6.45) is -3.10. The van der Waals surface area contributed by atoms with Crippen LogP contribution in [0.15, 0.2) is 66.9 Å². The van der Waals surface area contributed by atoms with Crippen LogP contribution in [-0.4, -0.2) is 40.1 Å². The average Bonchev–Trinajstić information content (AvgIpc) is 3.15. The van der Waals surface area contributed by atoms with Gasteiger partial charge in [0.2, 0.25) is 0 Å². The topological polar surface area (TPSA) is 58.2 Å². The number of hydrogen-bond acceptors (Lipinski definition) is 3. The lowest BCUT2D eigenvalue weighted by molar-refractivity contribution is -0.163. The lowest BCUT2D eigenvalue weighted by Gasteiger charge is -2.23. The van der Waals surface area contributed by atoms with Gasteiger partial charge in [0, 0.05) is 5.56 Å². The summed E-state index contributed by atoms with van der Waals surface area (Å²) in [6, 6.07) is 17.6. The second-order valence-electron chi connectivity index (χ2n) is 6.09. The average molecular weight is 389 g/mol. The van der Waals surface area contributed by atoms with Crippen LogP contribution >= 0.6 is 0 Å². The highest BCUT2D eigenvalue weighted by Crippen LogP contribution is 2.20. The van der Waals surface area contributed by atoms with E-state index in [1.54, 1.807) is 30.3 Å². The minimum Gasteiger partial charge on any atom is -0.484 e. The van der Waals surface area contributed by atoms with Crippen LogP contribution in [0.4, 0.5) is 13.2 Å². The Hall–Kier alpha value is -3.29. The molecule has 0 saturated heterocycles. The monoisotopic (exact) mass is 389 g/mol. The van der Waals surface area contributed by atoms with E-state index in [0.29, 0.717) is 22.2 Å². The van der Waals surface area contributed by atoms with Crippen LogP contribution < -0.4 is 4.74 Å². The molecule has 1 heterocycles. The maximum atomic E-state index is 12.9. The van der Waals surface area contributed by atoms with E-state index in [1.165, 1.54) is 6.20 Å². The van der Waals surface area contributed by atoms with Crippen LogP contribution in [0.1, 0.15) is 5.69 Å². The third kappa shape index (κ3) is 5.60. The highest BCUT2D eigenvalue weighted by Gasteiger charge is 2.33. The molecule has 1 N–H and O–H groups in total. The number of carbonyl (C=O) groups is 1. The Labute approximate surface area is 159 Å². The number of rotatable bonds is 7. The number of benzene rings is 2. The van der Waals surface area contributed by atoms with Crippen LogP contribution in [-0.2, 0) is 11.3 Å². The second-order valence-corrected chi connectivity index (χ2v) is 6.09. The van der Waals surface area contributed by atoms with E-state index in [9.17, 15) is 18.0 Å². The first-order valence-corrected chi connectivity index (χ1v) is 8.52. The van der Waals surface area contributed by atoms with Crippen molar-refractivity contribution in [3.63, 3.8) is 0 Å². The Bertz CT molecular complexity index is 896. The first kappa shape index (κ1) is 19.5. The molecule has 146 valence electrons. The van der Waals surface area contributed by atoms with Crippen molar-refractivity contribution in [3.8, 4) is 17.1 Å². The molecule has 0 aliphatic rings. The first-order valence-electron chi connectivity index (χ1n) is 8.52. The van der Waals surface area contributed by atoms with Gasteiger partial charge in [0.1, 0.15) is 18.1 Å². The van der Waals surface area contributed by atoms with E-state index in [1.807, 2.05) is 30.3 Å². The Morgan fingerprint density at radius 3 is 2.32 bits per heavy atom. The molecule has 1 aromatic heterocycles. The van der Waals surface area contributed by atoms with E-state index >= 15 is 0 Å². The Morgan fingerprint density at radius 2 is 1.68 bits per heavy atom. The number of para-hydroxylation sites is 1. The molecular weight excluding hydrogens is 371 g/mol. The molecule has 0 spiro atoms.